The summed E-state index contributed by atoms with van der Waals surface area (Å²) in [5.74, 6) is 0.423. The average Bonchev–Trinajstić information content (AvgIpc) is 3.21. The van der Waals surface area contributed by atoms with Gasteiger partial charge in [0.2, 0.25) is 5.91 Å². The molecule has 0 aromatic heterocycles. The third kappa shape index (κ3) is 4.71. The van der Waals surface area contributed by atoms with E-state index in [-0.39, 0.29) is 30.8 Å². The molecule has 2 aliphatic rings. The Kier molecular flexibility index (Phi) is 6.21. The maximum absolute atomic E-state index is 12.5. The van der Waals surface area contributed by atoms with E-state index in [1.54, 1.807) is 24.3 Å². The molecule has 1 aromatic rings. The van der Waals surface area contributed by atoms with Crippen molar-refractivity contribution in [3.05, 3.63) is 29.3 Å². The summed E-state index contributed by atoms with van der Waals surface area (Å²) in [6.07, 6.45) is 4.04. The molecular weight excluding hydrogens is 370 g/mol. The highest BCUT2D eigenvalue weighted by Crippen LogP contribution is 2.35. The molecule has 3 rings (SSSR count). The molecule has 2 fully saturated rings. The highest BCUT2D eigenvalue weighted by Gasteiger charge is 2.51. The average molecular weight is 394 g/mol. The van der Waals surface area contributed by atoms with Gasteiger partial charge < -0.3 is 15.4 Å². The molecule has 0 atom stereocenters. The predicted molar refractivity (Wildman–Crippen MR) is 101 cm³/mol. The zero-order valence-electron chi connectivity index (χ0n) is 15.1. The SMILES string of the molecule is O=C(CCCN1C(=O)NC2(CCCC2)C1=O)NCCOc1ccc(Cl)cc1. The van der Waals surface area contributed by atoms with E-state index in [1.807, 2.05) is 0 Å². The maximum Gasteiger partial charge on any atom is 0.325 e. The summed E-state index contributed by atoms with van der Waals surface area (Å²) in [6.45, 7) is 0.998. The minimum Gasteiger partial charge on any atom is -0.492 e. The van der Waals surface area contributed by atoms with Crippen LogP contribution in [0, 0.1) is 0 Å². The molecule has 0 radical (unpaired) electrons. The van der Waals surface area contributed by atoms with E-state index >= 15 is 0 Å². The molecule has 0 bridgehead atoms. The Labute approximate surface area is 163 Å². The molecule has 27 heavy (non-hydrogen) atoms. The van der Waals surface area contributed by atoms with Gasteiger partial charge >= 0.3 is 6.03 Å². The van der Waals surface area contributed by atoms with E-state index in [2.05, 4.69) is 10.6 Å². The number of urea groups is 1. The molecule has 1 heterocycles. The lowest BCUT2D eigenvalue weighted by molar-refractivity contribution is -0.131. The van der Waals surface area contributed by atoms with E-state index in [1.165, 1.54) is 4.90 Å². The normalized spacial score (nSPS) is 18.0. The molecule has 1 aliphatic heterocycles. The van der Waals surface area contributed by atoms with Crippen molar-refractivity contribution in [1.82, 2.24) is 15.5 Å². The van der Waals surface area contributed by atoms with Crippen LogP contribution < -0.4 is 15.4 Å². The topological polar surface area (TPSA) is 87.7 Å². The lowest BCUT2D eigenvalue weighted by Crippen LogP contribution is -2.44. The summed E-state index contributed by atoms with van der Waals surface area (Å²) in [4.78, 5) is 37.7. The van der Waals surface area contributed by atoms with Gasteiger partial charge in [0.15, 0.2) is 0 Å². The van der Waals surface area contributed by atoms with Crippen LogP contribution in [0.4, 0.5) is 4.79 Å². The second kappa shape index (κ2) is 8.61. The van der Waals surface area contributed by atoms with Gasteiger partial charge in [0.05, 0.1) is 6.54 Å². The summed E-state index contributed by atoms with van der Waals surface area (Å²) in [5.41, 5.74) is -0.682. The number of hydrogen-bond acceptors (Lipinski definition) is 4. The first-order valence-corrected chi connectivity index (χ1v) is 9.67. The molecule has 8 heteroatoms. The van der Waals surface area contributed by atoms with Crippen LogP contribution in [0.5, 0.6) is 5.75 Å². The third-order valence-corrected chi connectivity index (χ3v) is 5.25. The largest absolute Gasteiger partial charge is 0.492 e. The molecule has 146 valence electrons. The van der Waals surface area contributed by atoms with Gasteiger partial charge in [0.1, 0.15) is 17.9 Å². The zero-order chi connectivity index (χ0) is 19.3. The fourth-order valence-corrected chi connectivity index (χ4v) is 3.70. The van der Waals surface area contributed by atoms with Crippen LogP contribution >= 0.6 is 11.6 Å². The van der Waals surface area contributed by atoms with Crippen LogP contribution in [0.2, 0.25) is 5.02 Å². The molecule has 1 aromatic carbocycles. The molecule has 1 aliphatic carbocycles. The van der Waals surface area contributed by atoms with Crippen LogP contribution in [0.15, 0.2) is 24.3 Å². The molecule has 1 saturated heterocycles. The van der Waals surface area contributed by atoms with Crippen LogP contribution in [0.25, 0.3) is 0 Å². The number of amides is 4. The quantitative estimate of drug-likeness (QED) is 0.524. The minimum atomic E-state index is -0.682. The zero-order valence-corrected chi connectivity index (χ0v) is 15.9. The van der Waals surface area contributed by atoms with Crippen molar-refractivity contribution in [3.8, 4) is 5.75 Å². The summed E-state index contributed by atoms with van der Waals surface area (Å²) >= 11 is 5.80. The highest BCUT2D eigenvalue weighted by atomic mass is 35.5. The van der Waals surface area contributed by atoms with Gasteiger partial charge in [-0.25, -0.2) is 4.79 Å². The Morgan fingerprint density at radius 2 is 1.93 bits per heavy atom. The number of carbonyl (C=O) groups is 3. The van der Waals surface area contributed by atoms with Crippen LogP contribution in [0.3, 0.4) is 0 Å². The number of rotatable bonds is 8. The molecule has 4 amide bonds. The van der Waals surface area contributed by atoms with E-state index in [4.69, 9.17) is 16.3 Å². The number of benzene rings is 1. The van der Waals surface area contributed by atoms with Crippen molar-refractivity contribution >= 4 is 29.4 Å². The third-order valence-electron chi connectivity index (χ3n) is 5.00. The fraction of sp³-hybridized carbons (Fsp3) is 0.526. The fourth-order valence-electron chi connectivity index (χ4n) is 3.57. The number of imide groups is 1. The molecule has 1 spiro atoms. The van der Waals surface area contributed by atoms with E-state index in [9.17, 15) is 14.4 Å². The van der Waals surface area contributed by atoms with Crippen molar-refractivity contribution < 1.29 is 19.1 Å². The summed E-state index contributed by atoms with van der Waals surface area (Å²) in [6, 6.07) is 6.67. The van der Waals surface area contributed by atoms with Crippen molar-refractivity contribution in [1.29, 1.82) is 0 Å². The Hall–Kier alpha value is -2.28. The van der Waals surface area contributed by atoms with Crippen molar-refractivity contribution in [2.75, 3.05) is 19.7 Å². The van der Waals surface area contributed by atoms with Crippen molar-refractivity contribution in [2.24, 2.45) is 0 Å². The monoisotopic (exact) mass is 393 g/mol. The molecule has 1 saturated carbocycles. The first-order valence-electron chi connectivity index (χ1n) is 9.29. The van der Waals surface area contributed by atoms with Gasteiger partial charge in [-0.2, -0.15) is 0 Å². The van der Waals surface area contributed by atoms with Gasteiger partial charge in [-0.1, -0.05) is 24.4 Å². The Morgan fingerprint density at radius 1 is 1.22 bits per heavy atom. The van der Waals surface area contributed by atoms with Gasteiger partial charge in [-0.3, -0.25) is 14.5 Å². The first kappa shape index (κ1) is 19.5. The van der Waals surface area contributed by atoms with E-state index in [0.29, 0.717) is 43.2 Å². The molecule has 2 N–H and O–H groups in total. The molecular formula is C19H24ClN3O4. The van der Waals surface area contributed by atoms with Crippen molar-refractivity contribution in [3.63, 3.8) is 0 Å². The van der Waals surface area contributed by atoms with Crippen LogP contribution in [-0.2, 0) is 9.59 Å². The summed E-state index contributed by atoms with van der Waals surface area (Å²) < 4.78 is 5.50. The summed E-state index contributed by atoms with van der Waals surface area (Å²) in [5, 5.41) is 6.25. The second-order valence-electron chi connectivity index (χ2n) is 6.93. The standard InChI is InChI=1S/C19H24ClN3O4/c20-14-5-7-15(8-6-14)27-13-11-21-16(24)4-3-12-23-17(25)19(22-18(23)26)9-1-2-10-19/h5-8H,1-4,9-13H2,(H,21,24)(H,22,26). The number of ether oxygens (including phenoxy) is 1. The van der Waals surface area contributed by atoms with Gasteiger partial charge in [0.25, 0.3) is 5.91 Å². The van der Waals surface area contributed by atoms with Gasteiger partial charge in [-0.15, -0.1) is 0 Å². The number of halogens is 1. The smallest absolute Gasteiger partial charge is 0.325 e. The number of nitrogens with zero attached hydrogens (tertiary/aromatic N) is 1. The Bertz CT molecular complexity index is 701. The molecule has 0 unspecified atom stereocenters. The van der Waals surface area contributed by atoms with Crippen LogP contribution in [-0.4, -0.2) is 48.0 Å². The predicted octanol–water partition coefficient (Wildman–Crippen LogP) is 2.48. The number of carbonyl (C=O) groups excluding carboxylic acids is 3. The first-order chi connectivity index (χ1) is 13.0. The van der Waals surface area contributed by atoms with Gasteiger partial charge in [0, 0.05) is 18.0 Å². The Balaban J connectivity index is 1.32. The van der Waals surface area contributed by atoms with Crippen molar-refractivity contribution in [2.45, 2.75) is 44.1 Å². The number of hydrogen-bond donors (Lipinski definition) is 2. The van der Waals surface area contributed by atoms with E-state index < -0.39 is 5.54 Å². The summed E-state index contributed by atoms with van der Waals surface area (Å²) in [7, 11) is 0. The minimum absolute atomic E-state index is 0.127. The lowest BCUT2D eigenvalue weighted by atomic mass is 9.98. The van der Waals surface area contributed by atoms with Gasteiger partial charge in [-0.05, 0) is 43.5 Å². The highest BCUT2D eigenvalue weighted by molar-refractivity contribution is 6.30. The lowest BCUT2D eigenvalue weighted by Gasteiger charge is -2.19. The van der Waals surface area contributed by atoms with Crippen LogP contribution in [0.1, 0.15) is 38.5 Å². The van der Waals surface area contributed by atoms with E-state index in [0.717, 1.165) is 12.8 Å². The second-order valence-corrected chi connectivity index (χ2v) is 7.37. The Morgan fingerprint density at radius 3 is 2.63 bits per heavy atom. The molecule has 7 nitrogen and oxygen atoms in total. The number of nitrogens with one attached hydrogen (secondary N) is 2. The maximum atomic E-state index is 12.5.